The molecule has 23 heavy (non-hydrogen) atoms. The first-order valence-electron chi connectivity index (χ1n) is 9.88. The molecule has 0 nitrogen and oxygen atoms in total. The molecule has 2 fully saturated rings. The van der Waals surface area contributed by atoms with Crippen LogP contribution in [0.2, 0.25) is 0 Å². The third kappa shape index (κ3) is 8.90. The molecule has 6 radical (unpaired) electrons. The van der Waals surface area contributed by atoms with Crippen LogP contribution >= 0.6 is 7.92 Å². The normalized spacial score (nSPS) is 22.2. The number of hydrogen-bond donors (Lipinski definition) is 0. The third-order valence-electron chi connectivity index (χ3n) is 5.36. The summed E-state index contributed by atoms with van der Waals surface area (Å²) in [6.07, 6.45) is 25.3. The Balaban J connectivity index is 0.00000242. The van der Waals surface area contributed by atoms with Crippen LogP contribution in [0, 0.1) is 26.2 Å². The van der Waals surface area contributed by atoms with E-state index >= 15 is 0 Å². The Morgan fingerprint density at radius 3 is 1.30 bits per heavy atom. The lowest BCUT2D eigenvalue weighted by Crippen LogP contribution is -2.10. The van der Waals surface area contributed by atoms with Gasteiger partial charge in [-0.1, -0.05) is 100 Å². The van der Waals surface area contributed by atoms with E-state index in [1.165, 1.54) is 109 Å². The van der Waals surface area contributed by atoms with E-state index in [-0.39, 0.29) is 22.8 Å². The van der Waals surface area contributed by atoms with Gasteiger partial charge in [-0.3, -0.25) is 0 Å². The van der Waals surface area contributed by atoms with Gasteiger partial charge in [0.15, 0.2) is 0 Å². The van der Waals surface area contributed by atoms with Gasteiger partial charge in [0.1, 0.15) is 0 Å². The average Bonchev–Trinajstić information content (AvgIpc) is 2.41. The summed E-state index contributed by atoms with van der Waals surface area (Å²) in [5.74, 6) is 0. The molecule has 0 heterocycles. The fraction of sp³-hybridized carbons (Fsp3) is 0.818. The highest BCUT2D eigenvalue weighted by atomic mass is 31.1. The van der Waals surface area contributed by atoms with Crippen LogP contribution in [0.4, 0.5) is 0 Å². The molecular formula is C22H41P. The summed E-state index contributed by atoms with van der Waals surface area (Å²) in [6, 6.07) is 0. The van der Waals surface area contributed by atoms with Gasteiger partial charge in [0, 0.05) is 11.3 Å². The van der Waals surface area contributed by atoms with Gasteiger partial charge in [-0.25, -0.2) is 0 Å². The highest BCUT2D eigenvalue weighted by Crippen LogP contribution is 2.63. The summed E-state index contributed by atoms with van der Waals surface area (Å²) >= 11 is 0. The molecule has 0 saturated heterocycles. The molecular weight excluding hydrogens is 295 g/mol. The van der Waals surface area contributed by atoms with Crippen LogP contribution < -0.4 is 0 Å². The summed E-state index contributed by atoms with van der Waals surface area (Å²) in [7, 11) is 0.173. The highest BCUT2D eigenvalue weighted by molar-refractivity contribution is 7.64. The summed E-state index contributed by atoms with van der Waals surface area (Å²) in [5.41, 5.74) is 4.07. The Morgan fingerprint density at radius 2 is 0.957 bits per heavy atom. The molecule has 0 amide bonds. The van der Waals surface area contributed by atoms with Crippen LogP contribution in [-0.2, 0) is 0 Å². The molecule has 1 heteroatoms. The monoisotopic (exact) mass is 336 g/mol. The van der Waals surface area contributed by atoms with Gasteiger partial charge in [0.05, 0.1) is 0 Å². The van der Waals surface area contributed by atoms with Crippen LogP contribution in [-0.4, -0.2) is 6.16 Å². The Hall–Kier alpha value is 0.430. The van der Waals surface area contributed by atoms with Crippen molar-refractivity contribution >= 4 is 7.92 Å². The fourth-order valence-electron chi connectivity index (χ4n) is 4.02. The first-order valence-corrected chi connectivity index (χ1v) is 11.4. The van der Waals surface area contributed by atoms with Gasteiger partial charge in [-0.15, -0.1) is 0 Å². The Morgan fingerprint density at radius 1 is 0.609 bits per heavy atom. The van der Waals surface area contributed by atoms with E-state index < -0.39 is 0 Å². The maximum absolute atomic E-state index is 2.37. The molecule has 2 aliphatic carbocycles. The molecule has 134 valence electrons. The SMILES string of the molecule is CCCCP([C]1CCCCCCC1)[C]1CCCCCCC1.[CH2].[CH2]. The standard InChI is InChI=1S/C20H37P.2CH2/c1-2-3-18-21(19-14-10-6-4-7-11-15-19)20-16-12-8-5-9-13-17-20;;/h2-18H2,1H3;2*1H2. The van der Waals surface area contributed by atoms with E-state index in [4.69, 9.17) is 0 Å². The van der Waals surface area contributed by atoms with Crippen LogP contribution in [0.25, 0.3) is 0 Å². The zero-order valence-electron chi connectivity index (χ0n) is 15.9. The minimum absolute atomic E-state index is 0. The Labute approximate surface area is 150 Å². The van der Waals surface area contributed by atoms with Crippen molar-refractivity contribution < 1.29 is 0 Å². The van der Waals surface area contributed by atoms with Crippen molar-refractivity contribution in [1.29, 1.82) is 0 Å². The second-order valence-electron chi connectivity index (χ2n) is 7.17. The van der Waals surface area contributed by atoms with Crippen molar-refractivity contribution in [2.75, 3.05) is 6.16 Å². The Bertz CT molecular complexity index is 212. The van der Waals surface area contributed by atoms with Gasteiger partial charge < -0.3 is 0 Å². The molecule has 2 saturated carbocycles. The Kier molecular flexibility index (Phi) is 15.0. The zero-order chi connectivity index (χ0) is 14.8. The maximum Gasteiger partial charge on any atom is 0.000663 e. The van der Waals surface area contributed by atoms with Crippen LogP contribution in [0.3, 0.4) is 0 Å². The number of unbranched alkanes of at least 4 members (excludes halogenated alkanes) is 1. The highest BCUT2D eigenvalue weighted by Gasteiger charge is 2.29. The van der Waals surface area contributed by atoms with E-state index in [0.717, 1.165) is 0 Å². The van der Waals surface area contributed by atoms with Gasteiger partial charge in [0.25, 0.3) is 0 Å². The van der Waals surface area contributed by atoms with E-state index in [0.29, 0.717) is 0 Å². The second kappa shape index (κ2) is 14.7. The lowest BCUT2D eigenvalue weighted by Gasteiger charge is -2.36. The average molecular weight is 337 g/mol. The van der Waals surface area contributed by atoms with Gasteiger partial charge in [-0.05, 0) is 38.3 Å². The first-order chi connectivity index (χ1) is 10.4. The molecule has 0 aliphatic heterocycles. The molecule has 2 aliphatic rings. The van der Waals surface area contributed by atoms with E-state index in [9.17, 15) is 0 Å². The predicted molar refractivity (Wildman–Crippen MR) is 109 cm³/mol. The molecule has 0 spiro atoms. The smallest absolute Gasteiger partial charge is 0.000663 e. The van der Waals surface area contributed by atoms with E-state index in [1.807, 2.05) is 11.3 Å². The number of hydrogen-bond acceptors (Lipinski definition) is 0. The lowest BCUT2D eigenvalue weighted by molar-refractivity contribution is 0.542. The van der Waals surface area contributed by atoms with Crippen LogP contribution in [0.15, 0.2) is 0 Å². The van der Waals surface area contributed by atoms with Gasteiger partial charge in [-0.2, -0.15) is 0 Å². The quantitative estimate of drug-likeness (QED) is 0.441. The topological polar surface area (TPSA) is 0 Å². The zero-order valence-corrected chi connectivity index (χ0v) is 16.8. The summed E-state index contributed by atoms with van der Waals surface area (Å²) < 4.78 is 0. The molecule has 0 aromatic rings. The van der Waals surface area contributed by atoms with Crippen LogP contribution in [0.5, 0.6) is 0 Å². The molecule has 0 N–H and O–H groups in total. The summed E-state index contributed by atoms with van der Waals surface area (Å²) in [5, 5.41) is 0. The summed E-state index contributed by atoms with van der Waals surface area (Å²) in [4.78, 5) is 0. The van der Waals surface area contributed by atoms with Crippen molar-refractivity contribution in [3.8, 4) is 0 Å². The largest absolute Gasteiger partial charge is 0.0921 e. The lowest BCUT2D eigenvalue weighted by atomic mass is 10.00. The molecule has 0 bridgehead atoms. The van der Waals surface area contributed by atoms with Gasteiger partial charge >= 0.3 is 0 Å². The molecule has 0 unspecified atom stereocenters. The molecule has 2 rings (SSSR count). The third-order valence-corrected chi connectivity index (χ3v) is 8.54. The maximum atomic E-state index is 2.37. The van der Waals surface area contributed by atoms with Crippen molar-refractivity contribution in [1.82, 2.24) is 0 Å². The predicted octanol–water partition coefficient (Wildman–Crippen LogP) is 8.48. The fourth-order valence-corrected chi connectivity index (χ4v) is 7.45. The minimum atomic E-state index is 0. The van der Waals surface area contributed by atoms with Crippen molar-refractivity contribution in [2.45, 2.75) is 110 Å². The van der Waals surface area contributed by atoms with Crippen LogP contribution in [0.1, 0.15) is 110 Å². The molecule has 0 aromatic heterocycles. The van der Waals surface area contributed by atoms with Crippen molar-refractivity contribution in [3.05, 3.63) is 26.2 Å². The van der Waals surface area contributed by atoms with Crippen molar-refractivity contribution in [2.24, 2.45) is 0 Å². The second-order valence-corrected chi connectivity index (χ2v) is 9.74. The summed E-state index contributed by atoms with van der Waals surface area (Å²) in [6.45, 7) is 2.37. The van der Waals surface area contributed by atoms with Crippen molar-refractivity contribution in [3.63, 3.8) is 0 Å². The van der Waals surface area contributed by atoms with E-state index in [2.05, 4.69) is 6.92 Å². The molecule has 0 atom stereocenters. The van der Waals surface area contributed by atoms with E-state index in [1.54, 1.807) is 0 Å². The van der Waals surface area contributed by atoms with Gasteiger partial charge in [0.2, 0.25) is 0 Å². The minimum Gasteiger partial charge on any atom is -0.0921 e. The molecule has 0 aromatic carbocycles. The first kappa shape index (κ1) is 23.4. The number of rotatable bonds is 5.